The highest BCUT2D eigenvalue weighted by atomic mass is 79.9. The topological polar surface area (TPSA) is 50.4 Å². The first-order valence-electron chi connectivity index (χ1n) is 7.13. The van der Waals surface area contributed by atoms with Gasteiger partial charge in [-0.3, -0.25) is 10.1 Å². The first-order valence-corrected chi connectivity index (χ1v) is 7.92. The van der Waals surface area contributed by atoms with Gasteiger partial charge in [-0.25, -0.2) is 0 Å². The molecule has 0 saturated carbocycles. The number of carbonyl (C=O) groups is 1. The molecule has 1 fully saturated rings. The molecule has 1 saturated heterocycles. The molecule has 0 aliphatic carbocycles. The number of ether oxygens (including phenoxy) is 1. The Labute approximate surface area is 134 Å². The molecule has 2 rings (SSSR count). The van der Waals surface area contributed by atoms with Crippen LogP contribution in [0.25, 0.3) is 0 Å². The van der Waals surface area contributed by atoms with Crippen molar-refractivity contribution in [3.05, 3.63) is 47.0 Å². The molecule has 0 spiro atoms. The first-order chi connectivity index (χ1) is 10.2. The van der Waals surface area contributed by atoms with E-state index in [0.29, 0.717) is 26.3 Å². The third kappa shape index (κ3) is 4.40. The fourth-order valence-electron chi connectivity index (χ4n) is 2.57. The van der Waals surface area contributed by atoms with Crippen molar-refractivity contribution in [2.24, 2.45) is 0 Å². The minimum absolute atomic E-state index is 0.0178. The Kier molecular flexibility index (Phi) is 5.96. The lowest BCUT2D eigenvalue weighted by Gasteiger charge is -2.38. The van der Waals surface area contributed by atoms with Gasteiger partial charge in [-0.15, -0.1) is 6.58 Å². The normalized spacial score (nSPS) is 17.2. The van der Waals surface area contributed by atoms with E-state index in [1.165, 1.54) is 5.56 Å². The van der Waals surface area contributed by atoms with Crippen molar-refractivity contribution < 1.29 is 9.53 Å². The van der Waals surface area contributed by atoms with Crippen LogP contribution in [-0.2, 0) is 15.1 Å². The van der Waals surface area contributed by atoms with Crippen molar-refractivity contribution in [3.8, 4) is 0 Å². The van der Waals surface area contributed by atoms with Gasteiger partial charge in [0.25, 0.3) is 0 Å². The van der Waals surface area contributed by atoms with E-state index in [1.54, 1.807) is 6.08 Å². The predicted octanol–water partition coefficient (Wildman–Crippen LogP) is 2.35. The molecule has 4 nitrogen and oxygen atoms in total. The number of hydrogen-bond acceptors (Lipinski definition) is 3. The van der Waals surface area contributed by atoms with Gasteiger partial charge in [0.05, 0.1) is 6.54 Å². The molecule has 0 bridgehead atoms. The van der Waals surface area contributed by atoms with Gasteiger partial charge in [0.2, 0.25) is 5.91 Å². The molecular weight excluding hydrogens is 332 g/mol. The number of carbonyl (C=O) groups excluding carboxylic acids is 1. The Hall–Kier alpha value is -1.17. The van der Waals surface area contributed by atoms with Gasteiger partial charge in [0.1, 0.15) is 0 Å². The van der Waals surface area contributed by atoms with E-state index < -0.39 is 0 Å². The Bertz CT molecular complexity index is 499. The van der Waals surface area contributed by atoms with Crippen LogP contribution < -0.4 is 10.6 Å². The molecule has 1 amide bonds. The first kappa shape index (κ1) is 16.2. The molecule has 0 radical (unpaired) electrons. The number of benzene rings is 1. The number of halogens is 1. The third-order valence-corrected chi connectivity index (χ3v) is 4.25. The third-order valence-electron chi connectivity index (χ3n) is 3.75. The van der Waals surface area contributed by atoms with Crippen molar-refractivity contribution in [2.45, 2.75) is 18.4 Å². The summed E-state index contributed by atoms with van der Waals surface area (Å²) in [5.41, 5.74) is 0.991. The van der Waals surface area contributed by atoms with Gasteiger partial charge in [-0.1, -0.05) is 34.1 Å². The molecule has 0 unspecified atom stereocenters. The zero-order valence-electron chi connectivity index (χ0n) is 12.0. The molecule has 21 heavy (non-hydrogen) atoms. The van der Waals surface area contributed by atoms with Crippen molar-refractivity contribution >= 4 is 21.8 Å². The zero-order chi connectivity index (χ0) is 15.1. The van der Waals surface area contributed by atoms with Crippen LogP contribution >= 0.6 is 15.9 Å². The lowest BCUT2D eigenvalue weighted by molar-refractivity contribution is -0.120. The standard InChI is InChI=1S/C16H21BrN2O2/c1-2-8-18-15(20)12-19-16(6-9-21-10-7-16)13-4-3-5-14(17)11-13/h2-5,11,19H,1,6-10,12H2,(H,18,20). The van der Waals surface area contributed by atoms with E-state index in [-0.39, 0.29) is 11.4 Å². The van der Waals surface area contributed by atoms with Gasteiger partial charge in [-0.05, 0) is 30.5 Å². The highest BCUT2D eigenvalue weighted by Gasteiger charge is 2.34. The average molecular weight is 353 g/mol. The summed E-state index contributed by atoms with van der Waals surface area (Å²) in [5, 5.41) is 6.23. The van der Waals surface area contributed by atoms with E-state index in [1.807, 2.05) is 12.1 Å². The van der Waals surface area contributed by atoms with E-state index in [9.17, 15) is 4.79 Å². The van der Waals surface area contributed by atoms with Gasteiger partial charge >= 0.3 is 0 Å². The predicted molar refractivity (Wildman–Crippen MR) is 87.1 cm³/mol. The smallest absolute Gasteiger partial charge is 0.234 e. The number of nitrogens with one attached hydrogen (secondary N) is 2. The van der Waals surface area contributed by atoms with Crippen molar-refractivity contribution in [3.63, 3.8) is 0 Å². The maximum atomic E-state index is 11.8. The summed E-state index contributed by atoms with van der Waals surface area (Å²) in [7, 11) is 0. The van der Waals surface area contributed by atoms with Crippen LogP contribution in [0.5, 0.6) is 0 Å². The molecule has 1 aliphatic heterocycles. The maximum Gasteiger partial charge on any atom is 0.234 e. The summed E-state index contributed by atoms with van der Waals surface area (Å²) in [4.78, 5) is 11.8. The highest BCUT2D eigenvalue weighted by Crippen LogP contribution is 2.33. The van der Waals surface area contributed by atoms with Gasteiger partial charge in [0, 0.05) is 29.8 Å². The van der Waals surface area contributed by atoms with Crippen molar-refractivity contribution in [1.29, 1.82) is 0 Å². The van der Waals surface area contributed by atoms with Crippen LogP contribution in [0.4, 0.5) is 0 Å². The second kappa shape index (κ2) is 7.73. The van der Waals surface area contributed by atoms with E-state index in [2.05, 4.69) is 45.3 Å². The summed E-state index contributed by atoms with van der Waals surface area (Å²) >= 11 is 3.52. The molecule has 2 N–H and O–H groups in total. The molecule has 5 heteroatoms. The molecule has 1 aromatic rings. The SMILES string of the molecule is C=CCNC(=O)CNC1(c2cccc(Br)c2)CCOCC1. The Morgan fingerprint density at radius 2 is 2.19 bits per heavy atom. The van der Waals surface area contributed by atoms with Crippen LogP contribution in [0.15, 0.2) is 41.4 Å². The average Bonchev–Trinajstić information content (AvgIpc) is 2.52. The van der Waals surface area contributed by atoms with Crippen LogP contribution in [-0.4, -0.2) is 32.2 Å². The van der Waals surface area contributed by atoms with Gasteiger partial charge in [-0.2, -0.15) is 0 Å². The summed E-state index contributed by atoms with van der Waals surface area (Å²) in [6.45, 7) is 5.79. The number of hydrogen-bond donors (Lipinski definition) is 2. The van der Waals surface area contributed by atoms with Crippen LogP contribution in [0.1, 0.15) is 18.4 Å². The van der Waals surface area contributed by atoms with E-state index in [0.717, 1.165) is 17.3 Å². The van der Waals surface area contributed by atoms with Gasteiger partial charge in [0.15, 0.2) is 0 Å². The zero-order valence-corrected chi connectivity index (χ0v) is 13.6. The highest BCUT2D eigenvalue weighted by molar-refractivity contribution is 9.10. The summed E-state index contributed by atoms with van der Waals surface area (Å²) < 4.78 is 6.53. The molecular formula is C16H21BrN2O2. The monoisotopic (exact) mass is 352 g/mol. The second-order valence-corrected chi connectivity index (χ2v) is 6.07. The fourth-order valence-corrected chi connectivity index (χ4v) is 2.97. The van der Waals surface area contributed by atoms with Crippen molar-refractivity contribution in [1.82, 2.24) is 10.6 Å². The lowest BCUT2D eigenvalue weighted by Crippen LogP contribution is -2.50. The number of rotatable bonds is 6. The summed E-state index contributed by atoms with van der Waals surface area (Å²) in [6, 6.07) is 8.24. The Balaban J connectivity index is 2.10. The molecule has 1 aliphatic rings. The quantitative estimate of drug-likeness (QED) is 0.772. The van der Waals surface area contributed by atoms with Crippen LogP contribution in [0.3, 0.4) is 0 Å². The van der Waals surface area contributed by atoms with Crippen LogP contribution in [0.2, 0.25) is 0 Å². The van der Waals surface area contributed by atoms with E-state index in [4.69, 9.17) is 4.74 Å². The summed E-state index contributed by atoms with van der Waals surface area (Å²) in [5.74, 6) is -0.0178. The molecule has 0 atom stereocenters. The molecule has 1 heterocycles. The molecule has 114 valence electrons. The molecule has 0 aromatic heterocycles. The minimum atomic E-state index is -0.201. The maximum absolute atomic E-state index is 11.8. The Morgan fingerprint density at radius 3 is 2.86 bits per heavy atom. The minimum Gasteiger partial charge on any atom is -0.381 e. The molecule has 1 aromatic carbocycles. The Morgan fingerprint density at radius 1 is 1.43 bits per heavy atom. The lowest BCUT2D eigenvalue weighted by atomic mass is 9.82. The summed E-state index contributed by atoms with van der Waals surface area (Å²) in [6.07, 6.45) is 3.40. The van der Waals surface area contributed by atoms with Crippen molar-refractivity contribution in [2.75, 3.05) is 26.3 Å². The van der Waals surface area contributed by atoms with Crippen LogP contribution in [0, 0.1) is 0 Å². The van der Waals surface area contributed by atoms with E-state index >= 15 is 0 Å². The largest absolute Gasteiger partial charge is 0.381 e. The second-order valence-electron chi connectivity index (χ2n) is 5.15. The van der Waals surface area contributed by atoms with Gasteiger partial charge < -0.3 is 10.1 Å². The fraction of sp³-hybridized carbons (Fsp3) is 0.438. The number of amides is 1.